The number of pyridine rings is 2. The second-order valence-corrected chi connectivity index (χ2v) is 7.20. The zero-order chi connectivity index (χ0) is 20.0. The molecule has 3 N–H and O–H groups in total. The maximum Gasteiger partial charge on any atom is 0.153 e. The SMILES string of the molecule is C#C[C@@H](C)c1cc2cc(Nc3cc4n(n3)Cc3nccn3CC4)ncc2c(N)n1. The molecule has 0 fully saturated rings. The van der Waals surface area contributed by atoms with Gasteiger partial charge in [-0.15, -0.1) is 6.42 Å². The van der Waals surface area contributed by atoms with Crippen molar-refractivity contribution in [1.29, 1.82) is 0 Å². The van der Waals surface area contributed by atoms with Crippen molar-refractivity contribution in [3.63, 3.8) is 0 Å². The first-order valence-electron chi connectivity index (χ1n) is 9.47. The molecule has 0 spiro atoms. The van der Waals surface area contributed by atoms with Crippen LogP contribution >= 0.6 is 0 Å². The number of nitrogens with two attached hydrogens (primary N) is 1. The number of terminal acetylenes is 1. The Kier molecular flexibility index (Phi) is 3.95. The van der Waals surface area contributed by atoms with Crippen molar-refractivity contribution in [2.45, 2.75) is 32.4 Å². The van der Waals surface area contributed by atoms with E-state index >= 15 is 0 Å². The normalized spacial score (nSPS) is 13.9. The molecule has 8 nitrogen and oxygen atoms in total. The van der Waals surface area contributed by atoms with Crippen molar-refractivity contribution >= 4 is 28.2 Å². The van der Waals surface area contributed by atoms with Crippen molar-refractivity contribution < 1.29 is 0 Å². The molecular formula is C21H20N8. The van der Waals surface area contributed by atoms with E-state index in [9.17, 15) is 0 Å². The summed E-state index contributed by atoms with van der Waals surface area (Å²) in [5, 5.41) is 9.73. The Balaban J connectivity index is 1.45. The predicted octanol–water partition coefficient (Wildman–Crippen LogP) is 2.69. The van der Waals surface area contributed by atoms with Crippen molar-refractivity contribution in [2.24, 2.45) is 0 Å². The Labute approximate surface area is 167 Å². The molecule has 5 heterocycles. The molecular weight excluding hydrogens is 364 g/mol. The lowest BCUT2D eigenvalue weighted by molar-refractivity contribution is 0.641. The summed E-state index contributed by atoms with van der Waals surface area (Å²) in [5.74, 6) is 5.48. The first-order chi connectivity index (χ1) is 14.1. The number of hydrogen-bond donors (Lipinski definition) is 2. The standard InChI is InChI=1S/C21H20N8/c1-3-13(2)17-8-14-9-18(24-11-16(14)21(22)25-17)26-19-10-15-4-6-28-7-5-23-20(28)12-29(15)27-19/h1,5,7-11,13H,4,6,12H2,2H3,(H2,22,25)(H,24,26,27)/t13-/m1/s1. The summed E-state index contributed by atoms with van der Waals surface area (Å²) in [6.07, 6.45) is 12.0. The Morgan fingerprint density at radius 1 is 1.24 bits per heavy atom. The van der Waals surface area contributed by atoms with Crippen LogP contribution in [0.3, 0.4) is 0 Å². The van der Waals surface area contributed by atoms with Crippen LogP contribution in [0.5, 0.6) is 0 Å². The molecule has 0 amide bonds. The van der Waals surface area contributed by atoms with Gasteiger partial charge in [0, 0.05) is 48.7 Å². The largest absolute Gasteiger partial charge is 0.383 e. The smallest absolute Gasteiger partial charge is 0.153 e. The minimum absolute atomic E-state index is 0.109. The van der Waals surface area contributed by atoms with Crippen LogP contribution in [-0.2, 0) is 19.5 Å². The number of rotatable bonds is 3. The van der Waals surface area contributed by atoms with Gasteiger partial charge >= 0.3 is 0 Å². The average Bonchev–Trinajstić information content (AvgIpc) is 3.28. The second-order valence-electron chi connectivity index (χ2n) is 7.20. The second kappa shape index (κ2) is 6.63. The molecule has 144 valence electrons. The van der Waals surface area contributed by atoms with Crippen LogP contribution in [-0.4, -0.2) is 29.3 Å². The van der Waals surface area contributed by atoms with Gasteiger partial charge in [0.1, 0.15) is 17.5 Å². The zero-order valence-electron chi connectivity index (χ0n) is 16.0. The number of aromatic nitrogens is 6. The van der Waals surface area contributed by atoms with Gasteiger partial charge in [-0.2, -0.15) is 5.10 Å². The van der Waals surface area contributed by atoms with Gasteiger partial charge < -0.3 is 15.6 Å². The maximum atomic E-state index is 6.10. The Hall–Kier alpha value is -3.86. The monoisotopic (exact) mass is 384 g/mol. The highest BCUT2D eigenvalue weighted by Gasteiger charge is 2.16. The lowest BCUT2D eigenvalue weighted by Gasteiger charge is -2.09. The Morgan fingerprint density at radius 3 is 3.00 bits per heavy atom. The van der Waals surface area contributed by atoms with Gasteiger partial charge in [0.15, 0.2) is 5.82 Å². The van der Waals surface area contributed by atoms with E-state index in [2.05, 4.69) is 41.9 Å². The van der Waals surface area contributed by atoms with Gasteiger partial charge in [-0.1, -0.05) is 5.92 Å². The molecule has 29 heavy (non-hydrogen) atoms. The Bertz CT molecular complexity index is 1260. The lowest BCUT2D eigenvalue weighted by Crippen LogP contribution is -2.06. The van der Waals surface area contributed by atoms with Crippen LogP contribution in [0.15, 0.2) is 36.8 Å². The molecule has 1 atom stereocenters. The van der Waals surface area contributed by atoms with E-state index < -0.39 is 0 Å². The van der Waals surface area contributed by atoms with Crippen molar-refractivity contribution in [1.82, 2.24) is 29.3 Å². The third-order valence-electron chi connectivity index (χ3n) is 5.28. The minimum atomic E-state index is -0.109. The first-order valence-corrected chi connectivity index (χ1v) is 9.47. The first kappa shape index (κ1) is 17.3. The fourth-order valence-corrected chi connectivity index (χ4v) is 3.62. The average molecular weight is 384 g/mol. The quantitative estimate of drug-likeness (QED) is 0.527. The van der Waals surface area contributed by atoms with Crippen LogP contribution in [0.4, 0.5) is 17.5 Å². The summed E-state index contributed by atoms with van der Waals surface area (Å²) < 4.78 is 4.16. The molecule has 4 aromatic rings. The van der Waals surface area contributed by atoms with E-state index in [0.29, 0.717) is 18.2 Å². The number of fused-ring (bicyclic) bond motifs is 3. The number of nitrogens with zero attached hydrogens (tertiary/aromatic N) is 6. The molecule has 1 aliphatic rings. The predicted molar refractivity (Wildman–Crippen MR) is 112 cm³/mol. The molecule has 0 aliphatic carbocycles. The number of nitrogen functional groups attached to an aromatic ring is 1. The highest BCUT2D eigenvalue weighted by molar-refractivity contribution is 5.92. The molecule has 4 aromatic heterocycles. The van der Waals surface area contributed by atoms with Crippen LogP contribution in [0.1, 0.15) is 30.1 Å². The van der Waals surface area contributed by atoms with Gasteiger partial charge in [-0.25, -0.2) is 15.0 Å². The van der Waals surface area contributed by atoms with Gasteiger partial charge in [-0.05, 0) is 24.4 Å². The van der Waals surface area contributed by atoms with Crippen LogP contribution in [0.2, 0.25) is 0 Å². The number of hydrogen-bond acceptors (Lipinski definition) is 6. The van der Waals surface area contributed by atoms with Gasteiger partial charge in [-0.3, -0.25) is 4.68 Å². The van der Waals surface area contributed by atoms with Crippen molar-refractivity contribution in [3.8, 4) is 12.3 Å². The maximum absolute atomic E-state index is 6.10. The highest BCUT2D eigenvalue weighted by Crippen LogP contribution is 2.26. The number of imidazole rings is 1. The fraction of sp³-hybridized carbons (Fsp3) is 0.238. The topological polar surface area (TPSA) is 99.5 Å². The molecule has 0 aromatic carbocycles. The number of aryl methyl sites for hydroxylation is 2. The van der Waals surface area contributed by atoms with Crippen molar-refractivity contribution in [3.05, 3.63) is 54.0 Å². The highest BCUT2D eigenvalue weighted by atomic mass is 15.3. The summed E-state index contributed by atoms with van der Waals surface area (Å²) in [6, 6.07) is 5.97. The lowest BCUT2D eigenvalue weighted by atomic mass is 10.1. The van der Waals surface area contributed by atoms with E-state index in [1.165, 1.54) is 0 Å². The molecule has 5 rings (SSSR count). The third kappa shape index (κ3) is 3.06. The third-order valence-corrected chi connectivity index (χ3v) is 5.28. The number of anilines is 3. The molecule has 0 saturated carbocycles. The Morgan fingerprint density at radius 2 is 2.14 bits per heavy atom. The van der Waals surface area contributed by atoms with E-state index in [-0.39, 0.29) is 5.92 Å². The fourth-order valence-electron chi connectivity index (χ4n) is 3.62. The minimum Gasteiger partial charge on any atom is -0.383 e. The molecule has 0 unspecified atom stereocenters. The molecule has 0 bridgehead atoms. The summed E-state index contributed by atoms with van der Waals surface area (Å²) in [4.78, 5) is 13.3. The summed E-state index contributed by atoms with van der Waals surface area (Å²) in [6.45, 7) is 3.49. The van der Waals surface area contributed by atoms with Crippen LogP contribution in [0, 0.1) is 12.3 Å². The summed E-state index contributed by atoms with van der Waals surface area (Å²) in [7, 11) is 0. The van der Waals surface area contributed by atoms with Crippen LogP contribution < -0.4 is 11.1 Å². The van der Waals surface area contributed by atoms with Gasteiger partial charge in [0.25, 0.3) is 0 Å². The van der Waals surface area contributed by atoms with Crippen molar-refractivity contribution in [2.75, 3.05) is 11.1 Å². The van der Waals surface area contributed by atoms with Gasteiger partial charge in [0.2, 0.25) is 0 Å². The van der Waals surface area contributed by atoms with Gasteiger partial charge in [0.05, 0.1) is 18.2 Å². The number of nitrogens with one attached hydrogen (secondary N) is 1. The zero-order valence-corrected chi connectivity index (χ0v) is 16.0. The molecule has 0 radical (unpaired) electrons. The summed E-state index contributed by atoms with van der Waals surface area (Å²) in [5.41, 5.74) is 8.04. The molecule has 8 heteroatoms. The van der Waals surface area contributed by atoms with E-state index in [0.717, 1.165) is 46.8 Å². The summed E-state index contributed by atoms with van der Waals surface area (Å²) >= 11 is 0. The van der Waals surface area contributed by atoms with E-state index in [1.807, 2.05) is 36.1 Å². The van der Waals surface area contributed by atoms with E-state index in [4.69, 9.17) is 12.2 Å². The van der Waals surface area contributed by atoms with E-state index in [1.54, 1.807) is 6.20 Å². The van der Waals surface area contributed by atoms with Crippen LogP contribution in [0.25, 0.3) is 10.8 Å². The molecule has 0 saturated heterocycles. The molecule has 1 aliphatic heterocycles.